The number of morpholine rings is 1. The van der Waals surface area contributed by atoms with Crippen molar-refractivity contribution in [3.8, 4) is 0 Å². The number of fused-ring (bicyclic) bond motifs is 1. The average molecular weight is 301 g/mol. The van der Waals surface area contributed by atoms with Gasteiger partial charge in [0, 0.05) is 36.0 Å². The van der Waals surface area contributed by atoms with E-state index in [2.05, 4.69) is 17.0 Å². The van der Waals surface area contributed by atoms with Crippen LogP contribution in [-0.2, 0) is 11.3 Å². The molecule has 0 bridgehead atoms. The van der Waals surface area contributed by atoms with Crippen LogP contribution in [0.15, 0.2) is 34.9 Å². The maximum atomic E-state index is 10.3. The average Bonchev–Trinajstić information content (AvgIpc) is 3.15. The predicted molar refractivity (Wildman–Crippen MR) is 84.6 cm³/mol. The molecular weight excluding hydrogens is 278 g/mol. The van der Waals surface area contributed by atoms with Crippen molar-refractivity contribution >= 4 is 11.0 Å². The number of rotatable bonds is 3. The first-order valence-electron chi connectivity index (χ1n) is 8.28. The van der Waals surface area contributed by atoms with Gasteiger partial charge in [-0.25, -0.2) is 0 Å². The number of para-hydroxylation sites is 1. The molecule has 22 heavy (non-hydrogen) atoms. The number of furan rings is 1. The van der Waals surface area contributed by atoms with E-state index in [1.54, 1.807) is 0 Å². The van der Waals surface area contributed by atoms with Gasteiger partial charge in [0.05, 0.1) is 25.6 Å². The van der Waals surface area contributed by atoms with Gasteiger partial charge in [0.2, 0.25) is 0 Å². The smallest absolute Gasteiger partial charge is 0.134 e. The second kappa shape index (κ2) is 6.03. The fourth-order valence-electron chi connectivity index (χ4n) is 4.04. The maximum absolute atomic E-state index is 10.3. The molecule has 3 atom stereocenters. The van der Waals surface area contributed by atoms with Crippen LogP contribution in [0.4, 0.5) is 0 Å². The summed E-state index contributed by atoms with van der Waals surface area (Å²) < 4.78 is 11.4. The number of aliphatic hydroxyl groups excluding tert-OH is 1. The Hall–Kier alpha value is -1.36. The second-order valence-corrected chi connectivity index (χ2v) is 6.53. The lowest BCUT2D eigenvalue weighted by molar-refractivity contribution is -0.0535. The van der Waals surface area contributed by atoms with Gasteiger partial charge in [-0.1, -0.05) is 24.6 Å². The molecule has 4 rings (SSSR count). The Morgan fingerprint density at radius 3 is 3.00 bits per heavy atom. The van der Waals surface area contributed by atoms with Crippen LogP contribution in [0.5, 0.6) is 0 Å². The highest BCUT2D eigenvalue weighted by atomic mass is 16.5. The summed E-state index contributed by atoms with van der Waals surface area (Å²) in [6.07, 6.45) is 4.88. The largest absolute Gasteiger partial charge is 0.464 e. The fourth-order valence-corrected chi connectivity index (χ4v) is 4.04. The topological polar surface area (TPSA) is 45.8 Å². The third-order valence-corrected chi connectivity index (χ3v) is 5.24. The third kappa shape index (κ3) is 2.56. The van der Waals surface area contributed by atoms with Crippen molar-refractivity contribution in [2.24, 2.45) is 5.92 Å². The van der Waals surface area contributed by atoms with E-state index in [1.165, 1.54) is 10.9 Å². The van der Waals surface area contributed by atoms with Crippen LogP contribution in [0.3, 0.4) is 0 Å². The van der Waals surface area contributed by atoms with Crippen LogP contribution in [0.25, 0.3) is 11.0 Å². The minimum absolute atomic E-state index is 0.171. The van der Waals surface area contributed by atoms with Gasteiger partial charge in [-0.05, 0) is 18.9 Å². The van der Waals surface area contributed by atoms with E-state index < -0.39 is 0 Å². The molecule has 2 fully saturated rings. The lowest BCUT2D eigenvalue weighted by atomic mass is 9.94. The standard InChI is InChI=1S/C18H23NO3/c20-17-6-3-5-15(17)16-12-21-9-8-19(16)10-13-11-22-18-7-2-1-4-14(13)18/h1-2,4,7,11,15-17,20H,3,5-6,8-10,12H2. The van der Waals surface area contributed by atoms with Gasteiger partial charge in [0.25, 0.3) is 0 Å². The molecule has 0 amide bonds. The number of hydrogen-bond acceptors (Lipinski definition) is 4. The molecule has 1 aromatic heterocycles. The van der Waals surface area contributed by atoms with E-state index in [4.69, 9.17) is 9.15 Å². The quantitative estimate of drug-likeness (QED) is 0.947. The van der Waals surface area contributed by atoms with Gasteiger partial charge in [-0.15, -0.1) is 0 Å². The van der Waals surface area contributed by atoms with Gasteiger partial charge < -0.3 is 14.3 Å². The first-order valence-corrected chi connectivity index (χ1v) is 8.28. The van der Waals surface area contributed by atoms with Crippen LogP contribution >= 0.6 is 0 Å². The minimum atomic E-state index is -0.171. The predicted octanol–water partition coefficient (Wildman–Crippen LogP) is 2.79. The summed E-state index contributed by atoms with van der Waals surface area (Å²) in [6, 6.07) is 8.51. The Bertz CT molecular complexity index is 638. The zero-order valence-corrected chi connectivity index (χ0v) is 12.8. The van der Waals surface area contributed by atoms with Crippen LogP contribution in [-0.4, -0.2) is 41.9 Å². The number of ether oxygens (including phenoxy) is 1. The highest BCUT2D eigenvalue weighted by Crippen LogP contribution is 2.33. The van der Waals surface area contributed by atoms with Crippen molar-refractivity contribution in [2.45, 2.75) is 38.0 Å². The normalized spacial score (nSPS) is 30.1. The number of benzene rings is 1. The molecule has 2 heterocycles. The minimum Gasteiger partial charge on any atom is -0.464 e. The van der Waals surface area contributed by atoms with Crippen molar-refractivity contribution in [2.75, 3.05) is 19.8 Å². The molecule has 4 heteroatoms. The van der Waals surface area contributed by atoms with E-state index in [0.29, 0.717) is 12.0 Å². The first-order chi connectivity index (χ1) is 10.8. The SMILES string of the molecule is OC1CCCC1C1COCCN1Cc1coc2ccccc12. The Kier molecular flexibility index (Phi) is 3.90. The molecule has 1 N–H and O–H groups in total. The zero-order valence-electron chi connectivity index (χ0n) is 12.8. The van der Waals surface area contributed by atoms with Crippen LogP contribution in [0.1, 0.15) is 24.8 Å². The summed E-state index contributed by atoms with van der Waals surface area (Å²) in [4.78, 5) is 2.47. The molecule has 1 aromatic carbocycles. The zero-order chi connectivity index (χ0) is 14.9. The highest BCUT2D eigenvalue weighted by molar-refractivity contribution is 5.80. The van der Waals surface area contributed by atoms with Gasteiger partial charge in [0.15, 0.2) is 0 Å². The molecule has 1 saturated heterocycles. The number of hydrogen-bond donors (Lipinski definition) is 1. The van der Waals surface area contributed by atoms with Crippen LogP contribution < -0.4 is 0 Å². The monoisotopic (exact) mass is 301 g/mol. The molecule has 2 aromatic rings. The van der Waals surface area contributed by atoms with Gasteiger partial charge in [-0.3, -0.25) is 4.90 Å². The molecule has 3 unspecified atom stereocenters. The van der Waals surface area contributed by atoms with E-state index in [9.17, 15) is 5.11 Å². The lowest BCUT2D eigenvalue weighted by Gasteiger charge is -2.40. The Morgan fingerprint density at radius 1 is 1.23 bits per heavy atom. The highest BCUT2D eigenvalue weighted by Gasteiger charge is 2.37. The van der Waals surface area contributed by atoms with Gasteiger partial charge in [-0.2, -0.15) is 0 Å². The fraction of sp³-hybridized carbons (Fsp3) is 0.556. The summed E-state index contributed by atoms with van der Waals surface area (Å²) in [5.74, 6) is 0.346. The molecule has 1 saturated carbocycles. The molecule has 1 aliphatic carbocycles. The summed E-state index contributed by atoms with van der Waals surface area (Å²) in [5, 5.41) is 11.5. The van der Waals surface area contributed by atoms with E-state index in [0.717, 1.165) is 51.1 Å². The van der Waals surface area contributed by atoms with Crippen molar-refractivity contribution in [3.05, 3.63) is 36.1 Å². The summed E-state index contributed by atoms with van der Waals surface area (Å²) in [7, 11) is 0. The van der Waals surface area contributed by atoms with Crippen molar-refractivity contribution in [3.63, 3.8) is 0 Å². The summed E-state index contributed by atoms with van der Waals surface area (Å²) in [6.45, 7) is 3.30. The summed E-state index contributed by atoms with van der Waals surface area (Å²) in [5.41, 5.74) is 2.18. The van der Waals surface area contributed by atoms with Gasteiger partial charge in [0.1, 0.15) is 5.58 Å². The molecule has 4 nitrogen and oxygen atoms in total. The molecule has 0 radical (unpaired) electrons. The third-order valence-electron chi connectivity index (χ3n) is 5.24. The molecule has 0 spiro atoms. The first kappa shape index (κ1) is 14.2. The number of aliphatic hydroxyl groups is 1. The molecule has 118 valence electrons. The second-order valence-electron chi connectivity index (χ2n) is 6.53. The maximum Gasteiger partial charge on any atom is 0.134 e. The van der Waals surface area contributed by atoms with Gasteiger partial charge >= 0.3 is 0 Å². The summed E-state index contributed by atoms with van der Waals surface area (Å²) >= 11 is 0. The van der Waals surface area contributed by atoms with Crippen molar-refractivity contribution < 1.29 is 14.3 Å². The Morgan fingerprint density at radius 2 is 2.14 bits per heavy atom. The molecular formula is C18H23NO3. The lowest BCUT2D eigenvalue weighted by Crippen LogP contribution is -2.50. The number of nitrogens with zero attached hydrogens (tertiary/aromatic N) is 1. The van der Waals surface area contributed by atoms with E-state index >= 15 is 0 Å². The van der Waals surface area contributed by atoms with Crippen molar-refractivity contribution in [1.29, 1.82) is 0 Å². The van der Waals surface area contributed by atoms with E-state index in [1.807, 2.05) is 18.4 Å². The Labute approximate surface area is 130 Å². The Balaban J connectivity index is 1.57. The molecule has 1 aliphatic heterocycles. The van der Waals surface area contributed by atoms with Crippen LogP contribution in [0.2, 0.25) is 0 Å². The van der Waals surface area contributed by atoms with Crippen molar-refractivity contribution in [1.82, 2.24) is 4.90 Å². The van der Waals surface area contributed by atoms with E-state index in [-0.39, 0.29) is 6.10 Å². The van der Waals surface area contributed by atoms with Crippen LogP contribution in [0, 0.1) is 5.92 Å². The molecule has 2 aliphatic rings.